The van der Waals surface area contributed by atoms with Crippen molar-refractivity contribution in [2.24, 2.45) is 7.05 Å². The smallest absolute Gasteiger partial charge is 0.138 e. The van der Waals surface area contributed by atoms with E-state index in [1.807, 2.05) is 13.1 Å². The third-order valence-electron chi connectivity index (χ3n) is 3.17. The first kappa shape index (κ1) is 15.1. The molecule has 0 bridgehead atoms. The fraction of sp³-hybridized carbons (Fsp3) is 0.429. The summed E-state index contributed by atoms with van der Waals surface area (Å²) in [4.78, 5) is 4.26. The van der Waals surface area contributed by atoms with Crippen molar-refractivity contribution in [1.82, 2.24) is 20.1 Å². The highest BCUT2D eigenvalue weighted by atomic mass is 79.9. The molecular formula is C14H18BrFN4. The van der Waals surface area contributed by atoms with Crippen LogP contribution in [-0.4, -0.2) is 21.3 Å². The molecule has 1 N–H and O–H groups in total. The molecule has 0 aliphatic rings. The van der Waals surface area contributed by atoms with Gasteiger partial charge in [-0.05, 0) is 30.7 Å². The molecule has 1 aromatic heterocycles. The molecule has 1 aromatic carbocycles. The first-order valence-corrected chi connectivity index (χ1v) is 7.42. The van der Waals surface area contributed by atoms with Crippen molar-refractivity contribution in [3.05, 3.63) is 46.2 Å². The Hall–Kier alpha value is -1.27. The Kier molecular flexibility index (Phi) is 5.25. The Morgan fingerprint density at radius 1 is 1.45 bits per heavy atom. The normalized spacial score (nSPS) is 12.6. The van der Waals surface area contributed by atoms with Gasteiger partial charge in [-0.15, -0.1) is 0 Å². The molecule has 20 heavy (non-hydrogen) atoms. The molecule has 0 aliphatic carbocycles. The minimum atomic E-state index is -0.242. The molecule has 2 rings (SSSR count). The van der Waals surface area contributed by atoms with Crippen LogP contribution in [0.3, 0.4) is 0 Å². The fourth-order valence-corrected chi connectivity index (χ4v) is 2.71. The van der Waals surface area contributed by atoms with E-state index in [1.165, 1.54) is 12.1 Å². The van der Waals surface area contributed by atoms with Crippen molar-refractivity contribution in [3.8, 4) is 0 Å². The Balaban J connectivity index is 2.24. The minimum Gasteiger partial charge on any atom is -0.310 e. The van der Waals surface area contributed by atoms with E-state index < -0.39 is 0 Å². The van der Waals surface area contributed by atoms with E-state index in [0.29, 0.717) is 6.42 Å². The van der Waals surface area contributed by atoms with Gasteiger partial charge in [0.05, 0.1) is 0 Å². The highest BCUT2D eigenvalue weighted by Crippen LogP contribution is 2.26. The maximum Gasteiger partial charge on any atom is 0.138 e. The second-order valence-electron chi connectivity index (χ2n) is 4.68. The summed E-state index contributed by atoms with van der Waals surface area (Å²) < 4.78 is 15.8. The van der Waals surface area contributed by atoms with E-state index in [9.17, 15) is 4.39 Å². The van der Waals surface area contributed by atoms with E-state index in [0.717, 1.165) is 28.8 Å². The Labute approximate surface area is 126 Å². The lowest BCUT2D eigenvalue weighted by atomic mass is 10.0. The van der Waals surface area contributed by atoms with Crippen molar-refractivity contribution < 1.29 is 4.39 Å². The van der Waals surface area contributed by atoms with Crippen LogP contribution in [0.4, 0.5) is 4.39 Å². The number of benzene rings is 1. The molecule has 6 heteroatoms. The molecular weight excluding hydrogens is 323 g/mol. The number of nitrogens with one attached hydrogen (secondary N) is 1. The fourth-order valence-electron chi connectivity index (χ4n) is 2.08. The Morgan fingerprint density at radius 3 is 2.85 bits per heavy atom. The van der Waals surface area contributed by atoms with Crippen LogP contribution in [-0.2, 0) is 13.5 Å². The monoisotopic (exact) mass is 340 g/mol. The van der Waals surface area contributed by atoms with Gasteiger partial charge in [0, 0.05) is 24.0 Å². The highest BCUT2D eigenvalue weighted by molar-refractivity contribution is 9.10. The average Bonchev–Trinajstić information content (AvgIpc) is 2.80. The predicted octanol–water partition coefficient (Wildman–Crippen LogP) is 3.00. The lowest BCUT2D eigenvalue weighted by Crippen LogP contribution is -2.25. The van der Waals surface area contributed by atoms with Crippen molar-refractivity contribution in [2.45, 2.75) is 25.8 Å². The average molecular weight is 341 g/mol. The van der Waals surface area contributed by atoms with Crippen LogP contribution in [0.5, 0.6) is 0 Å². The van der Waals surface area contributed by atoms with Gasteiger partial charge in [0.2, 0.25) is 0 Å². The lowest BCUT2D eigenvalue weighted by molar-refractivity contribution is 0.504. The summed E-state index contributed by atoms with van der Waals surface area (Å²) in [6.07, 6.45) is 3.29. The number of aryl methyl sites for hydroxylation is 1. The zero-order valence-electron chi connectivity index (χ0n) is 11.6. The predicted molar refractivity (Wildman–Crippen MR) is 79.8 cm³/mol. The summed E-state index contributed by atoms with van der Waals surface area (Å²) in [5.74, 6) is 0.656. The molecule has 0 fully saturated rings. The van der Waals surface area contributed by atoms with Gasteiger partial charge in [-0.2, -0.15) is 5.10 Å². The number of nitrogens with zero attached hydrogens (tertiary/aromatic N) is 3. The van der Waals surface area contributed by atoms with Crippen LogP contribution in [0.25, 0.3) is 0 Å². The summed E-state index contributed by atoms with van der Waals surface area (Å²) in [5.41, 5.74) is 1.03. The molecule has 0 aliphatic heterocycles. The zero-order valence-corrected chi connectivity index (χ0v) is 13.2. The van der Waals surface area contributed by atoms with E-state index in [4.69, 9.17) is 0 Å². The summed E-state index contributed by atoms with van der Waals surface area (Å²) in [6.45, 7) is 3.01. The molecule has 108 valence electrons. The molecule has 0 saturated heterocycles. The molecule has 0 saturated carbocycles. The number of hydrogen-bond donors (Lipinski definition) is 1. The Morgan fingerprint density at radius 2 is 2.25 bits per heavy atom. The van der Waals surface area contributed by atoms with E-state index in [2.05, 4.69) is 38.3 Å². The summed E-state index contributed by atoms with van der Waals surface area (Å²) >= 11 is 3.44. The van der Waals surface area contributed by atoms with Crippen LogP contribution in [0.15, 0.2) is 29.0 Å². The van der Waals surface area contributed by atoms with Crippen molar-refractivity contribution in [1.29, 1.82) is 0 Å². The molecule has 0 radical (unpaired) electrons. The first-order valence-electron chi connectivity index (χ1n) is 6.63. The number of hydrogen-bond acceptors (Lipinski definition) is 3. The van der Waals surface area contributed by atoms with Crippen molar-refractivity contribution in [3.63, 3.8) is 0 Å². The van der Waals surface area contributed by atoms with Gasteiger partial charge in [-0.1, -0.05) is 28.9 Å². The van der Waals surface area contributed by atoms with E-state index in [1.54, 1.807) is 11.0 Å². The topological polar surface area (TPSA) is 42.7 Å². The number of halogens is 2. The van der Waals surface area contributed by atoms with Gasteiger partial charge < -0.3 is 5.32 Å². The van der Waals surface area contributed by atoms with Crippen LogP contribution in [0.1, 0.15) is 30.8 Å². The Bertz CT molecular complexity index is 570. The van der Waals surface area contributed by atoms with Gasteiger partial charge in [-0.3, -0.25) is 4.68 Å². The van der Waals surface area contributed by atoms with E-state index in [-0.39, 0.29) is 11.9 Å². The van der Waals surface area contributed by atoms with Crippen LogP contribution < -0.4 is 5.32 Å². The van der Waals surface area contributed by atoms with Gasteiger partial charge in [-0.25, -0.2) is 9.37 Å². The van der Waals surface area contributed by atoms with Crippen molar-refractivity contribution >= 4 is 15.9 Å². The lowest BCUT2D eigenvalue weighted by Gasteiger charge is -2.20. The van der Waals surface area contributed by atoms with E-state index >= 15 is 0 Å². The molecule has 4 nitrogen and oxygen atoms in total. The van der Waals surface area contributed by atoms with Crippen molar-refractivity contribution in [2.75, 3.05) is 6.54 Å². The van der Waals surface area contributed by atoms with Crippen LogP contribution >= 0.6 is 15.9 Å². The maximum atomic E-state index is 13.2. The zero-order chi connectivity index (χ0) is 14.5. The summed E-state index contributed by atoms with van der Waals surface area (Å²) in [5, 5.41) is 7.56. The summed E-state index contributed by atoms with van der Waals surface area (Å²) in [7, 11) is 1.87. The third kappa shape index (κ3) is 3.64. The molecule has 0 amide bonds. The largest absolute Gasteiger partial charge is 0.310 e. The third-order valence-corrected chi connectivity index (χ3v) is 3.86. The summed E-state index contributed by atoms with van der Waals surface area (Å²) in [6, 6.07) is 4.86. The molecule has 1 atom stereocenters. The quantitative estimate of drug-likeness (QED) is 0.878. The number of aromatic nitrogens is 3. The number of rotatable bonds is 6. The SMILES string of the molecule is CCCNC(Cc1ncnn1C)c1ccc(F)cc1Br. The molecule has 1 heterocycles. The first-order chi connectivity index (χ1) is 9.61. The minimum absolute atomic E-state index is 0.0767. The second kappa shape index (κ2) is 6.95. The second-order valence-corrected chi connectivity index (χ2v) is 5.53. The molecule has 2 aromatic rings. The van der Waals surface area contributed by atoms with Crippen LogP contribution in [0.2, 0.25) is 0 Å². The highest BCUT2D eigenvalue weighted by Gasteiger charge is 2.17. The van der Waals surface area contributed by atoms with Gasteiger partial charge in [0.15, 0.2) is 0 Å². The molecule has 0 spiro atoms. The molecule has 1 unspecified atom stereocenters. The standard InChI is InChI=1S/C14H18BrFN4/c1-3-6-17-13(8-14-18-9-19-20(14)2)11-5-4-10(16)7-12(11)15/h4-5,7,9,13,17H,3,6,8H2,1-2H3. The van der Waals surface area contributed by atoms with Gasteiger partial charge in [0.1, 0.15) is 18.0 Å². The van der Waals surface area contributed by atoms with Gasteiger partial charge >= 0.3 is 0 Å². The van der Waals surface area contributed by atoms with Gasteiger partial charge in [0.25, 0.3) is 0 Å². The maximum absolute atomic E-state index is 13.2. The van der Waals surface area contributed by atoms with Crippen LogP contribution in [0, 0.1) is 5.82 Å².